The van der Waals surface area contributed by atoms with Crippen molar-refractivity contribution >= 4 is 23.4 Å². The Balaban J connectivity index is 1.73. The Kier molecular flexibility index (Phi) is 5.32. The van der Waals surface area contributed by atoms with E-state index in [-0.39, 0.29) is 23.9 Å². The molecule has 2 aromatic rings. The molecule has 146 valence electrons. The summed E-state index contributed by atoms with van der Waals surface area (Å²) in [6.07, 6.45) is 0.836. The topological polar surface area (TPSA) is 36.9 Å². The fourth-order valence-electron chi connectivity index (χ4n) is 2.97. The van der Waals surface area contributed by atoms with E-state index < -0.39 is 0 Å². The number of methoxy groups -OCH3 is 1. The first kappa shape index (κ1) is 20.2. The van der Waals surface area contributed by atoms with E-state index in [1.54, 1.807) is 7.11 Å². The second kappa shape index (κ2) is 7.12. The van der Waals surface area contributed by atoms with Crippen LogP contribution in [-0.2, 0) is 14.0 Å². The predicted molar refractivity (Wildman–Crippen MR) is 111 cm³/mol. The Hall–Kier alpha value is -1.56. The van der Waals surface area contributed by atoms with E-state index >= 15 is 0 Å². The molecule has 0 aliphatic carbocycles. The van der Waals surface area contributed by atoms with Gasteiger partial charge in [-0.05, 0) is 69.9 Å². The monoisotopic (exact) mass is 370 g/mol. The van der Waals surface area contributed by atoms with E-state index in [1.807, 2.05) is 6.07 Å². The normalized spacial score (nSPS) is 18.9. The molecule has 0 unspecified atom stereocenters. The molecule has 1 fully saturated rings. The lowest BCUT2D eigenvalue weighted by atomic mass is 9.78. The van der Waals surface area contributed by atoms with Gasteiger partial charge in [-0.15, -0.1) is 0 Å². The third-order valence-electron chi connectivity index (χ3n) is 5.89. The zero-order valence-electron chi connectivity index (χ0n) is 17.6. The van der Waals surface area contributed by atoms with Crippen LogP contribution in [0.2, 0.25) is 0 Å². The van der Waals surface area contributed by atoms with Gasteiger partial charge >= 0.3 is 7.12 Å². The number of fused-ring (bicyclic) bond motifs is 1. The van der Waals surface area contributed by atoms with E-state index in [0.29, 0.717) is 6.61 Å². The standard InChI is InChI=1S/C22H31BO4/c1-20(2,24-7)12-13-25-19-11-9-16-14-18(10-8-17(16)15-19)23-26-21(3,4)22(5,6)27-23/h8-11,14-15H,12-13H2,1-7H3. The Bertz CT molecular complexity index is 797. The van der Waals surface area contributed by atoms with E-state index in [9.17, 15) is 0 Å². The van der Waals surface area contributed by atoms with Gasteiger partial charge in [-0.1, -0.05) is 24.3 Å². The summed E-state index contributed by atoms with van der Waals surface area (Å²) in [6.45, 7) is 13.0. The molecule has 0 spiro atoms. The van der Waals surface area contributed by atoms with Crippen molar-refractivity contribution in [3.05, 3.63) is 36.4 Å². The summed E-state index contributed by atoms with van der Waals surface area (Å²) in [5.41, 5.74) is 0.200. The number of benzene rings is 2. The van der Waals surface area contributed by atoms with Gasteiger partial charge in [0.1, 0.15) is 5.75 Å². The lowest BCUT2D eigenvalue weighted by Crippen LogP contribution is -2.41. The van der Waals surface area contributed by atoms with Gasteiger partial charge in [-0.2, -0.15) is 0 Å². The quantitative estimate of drug-likeness (QED) is 0.710. The zero-order valence-corrected chi connectivity index (χ0v) is 17.6. The summed E-state index contributed by atoms with van der Waals surface area (Å²) in [6, 6.07) is 12.5. The molecule has 0 saturated carbocycles. The van der Waals surface area contributed by atoms with Crippen molar-refractivity contribution in [1.29, 1.82) is 0 Å². The van der Waals surface area contributed by atoms with Crippen LogP contribution in [0.1, 0.15) is 48.0 Å². The molecule has 0 aromatic heterocycles. The first-order valence-corrected chi connectivity index (χ1v) is 9.60. The van der Waals surface area contributed by atoms with E-state index in [1.165, 1.54) is 0 Å². The molecule has 0 atom stereocenters. The lowest BCUT2D eigenvalue weighted by Gasteiger charge is -2.32. The van der Waals surface area contributed by atoms with Crippen molar-refractivity contribution in [1.82, 2.24) is 0 Å². The highest BCUT2D eigenvalue weighted by molar-refractivity contribution is 6.62. The molecule has 0 bridgehead atoms. The molecular weight excluding hydrogens is 339 g/mol. The molecule has 5 heteroatoms. The minimum atomic E-state index is -0.341. The van der Waals surface area contributed by atoms with Crippen LogP contribution in [0.4, 0.5) is 0 Å². The van der Waals surface area contributed by atoms with E-state index in [0.717, 1.165) is 28.4 Å². The van der Waals surface area contributed by atoms with Gasteiger partial charge < -0.3 is 18.8 Å². The first-order valence-electron chi connectivity index (χ1n) is 9.60. The predicted octanol–water partition coefficient (Wildman–Crippen LogP) is 4.33. The number of ether oxygens (including phenoxy) is 2. The average Bonchev–Trinajstić information content (AvgIpc) is 2.82. The molecule has 2 aromatic carbocycles. The molecule has 0 radical (unpaired) electrons. The molecule has 1 aliphatic heterocycles. The van der Waals surface area contributed by atoms with Crippen molar-refractivity contribution in [2.45, 2.75) is 64.8 Å². The lowest BCUT2D eigenvalue weighted by molar-refractivity contribution is 0.00547. The van der Waals surface area contributed by atoms with Crippen molar-refractivity contribution in [2.75, 3.05) is 13.7 Å². The molecule has 0 amide bonds. The van der Waals surface area contributed by atoms with Gasteiger partial charge in [0.15, 0.2) is 0 Å². The van der Waals surface area contributed by atoms with E-state index in [4.69, 9.17) is 18.8 Å². The Morgan fingerprint density at radius 1 is 0.926 bits per heavy atom. The maximum atomic E-state index is 6.16. The highest BCUT2D eigenvalue weighted by atomic mass is 16.7. The Morgan fingerprint density at radius 3 is 2.15 bits per heavy atom. The van der Waals surface area contributed by atoms with Crippen molar-refractivity contribution < 1.29 is 18.8 Å². The van der Waals surface area contributed by atoms with Crippen molar-refractivity contribution in [3.8, 4) is 5.75 Å². The third-order valence-corrected chi connectivity index (χ3v) is 5.89. The summed E-state index contributed by atoms with van der Waals surface area (Å²) >= 11 is 0. The van der Waals surface area contributed by atoms with Gasteiger partial charge in [0.05, 0.1) is 23.4 Å². The fraction of sp³-hybridized carbons (Fsp3) is 0.545. The minimum absolute atomic E-state index is 0.172. The van der Waals surface area contributed by atoms with Gasteiger partial charge in [-0.25, -0.2) is 0 Å². The summed E-state index contributed by atoms with van der Waals surface area (Å²) in [4.78, 5) is 0. The fourth-order valence-corrected chi connectivity index (χ4v) is 2.97. The number of hydrogen-bond acceptors (Lipinski definition) is 4. The molecule has 27 heavy (non-hydrogen) atoms. The average molecular weight is 370 g/mol. The smallest absolute Gasteiger partial charge is 0.493 e. The van der Waals surface area contributed by atoms with Gasteiger partial charge in [0.25, 0.3) is 0 Å². The number of rotatable bonds is 6. The Labute approximate surface area is 163 Å². The van der Waals surface area contributed by atoms with Crippen LogP contribution in [0.25, 0.3) is 10.8 Å². The number of hydrogen-bond donors (Lipinski definition) is 0. The van der Waals surface area contributed by atoms with Crippen LogP contribution >= 0.6 is 0 Å². The van der Waals surface area contributed by atoms with Gasteiger partial charge in [-0.3, -0.25) is 0 Å². The third kappa shape index (κ3) is 4.31. The van der Waals surface area contributed by atoms with Gasteiger partial charge in [0.2, 0.25) is 0 Å². The molecule has 4 nitrogen and oxygen atoms in total. The van der Waals surface area contributed by atoms with Crippen LogP contribution in [0, 0.1) is 0 Å². The van der Waals surface area contributed by atoms with Crippen LogP contribution < -0.4 is 10.2 Å². The summed E-state index contributed by atoms with van der Waals surface area (Å²) < 4.78 is 23.7. The first-order chi connectivity index (χ1) is 12.5. The largest absolute Gasteiger partial charge is 0.494 e. The molecule has 1 saturated heterocycles. The maximum absolute atomic E-state index is 6.16. The molecule has 0 N–H and O–H groups in total. The van der Waals surface area contributed by atoms with Crippen LogP contribution in [0.15, 0.2) is 36.4 Å². The summed E-state index contributed by atoms with van der Waals surface area (Å²) in [5, 5.41) is 2.28. The van der Waals surface area contributed by atoms with Crippen LogP contribution in [-0.4, -0.2) is 37.6 Å². The van der Waals surface area contributed by atoms with E-state index in [2.05, 4.69) is 71.9 Å². The highest BCUT2D eigenvalue weighted by Gasteiger charge is 2.51. The van der Waals surface area contributed by atoms with Crippen molar-refractivity contribution in [3.63, 3.8) is 0 Å². The zero-order chi connectivity index (χ0) is 19.9. The Morgan fingerprint density at radius 2 is 1.52 bits per heavy atom. The minimum Gasteiger partial charge on any atom is -0.493 e. The summed E-state index contributed by atoms with van der Waals surface area (Å²) in [5.74, 6) is 0.873. The van der Waals surface area contributed by atoms with Crippen LogP contribution in [0.5, 0.6) is 5.75 Å². The second-order valence-electron chi connectivity index (χ2n) is 8.92. The van der Waals surface area contributed by atoms with Crippen molar-refractivity contribution in [2.24, 2.45) is 0 Å². The maximum Gasteiger partial charge on any atom is 0.494 e. The molecular formula is C22H31BO4. The van der Waals surface area contributed by atoms with Gasteiger partial charge in [0, 0.05) is 13.5 Å². The highest BCUT2D eigenvalue weighted by Crippen LogP contribution is 2.36. The molecule has 1 heterocycles. The summed E-state index contributed by atoms with van der Waals surface area (Å²) in [7, 11) is 1.39. The SMILES string of the molecule is COC(C)(C)CCOc1ccc2cc(B3OC(C)(C)C(C)(C)O3)ccc2c1. The molecule has 1 aliphatic rings. The second-order valence-corrected chi connectivity index (χ2v) is 8.92. The molecule has 3 rings (SSSR count). The van der Waals surface area contributed by atoms with Crippen LogP contribution in [0.3, 0.4) is 0 Å².